The van der Waals surface area contributed by atoms with Crippen LogP contribution in [0.4, 0.5) is 0 Å². The van der Waals surface area contributed by atoms with Gasteiger partial charge in [-0.1, -0.05) is 102 Å². The van der Waals surface area contributed by atoms with Gasteiger partial charge < -0.3 is 0 Å². The van der Waals surface area contributed by atoms with Crippen LogP contribution in [0, 0.1) is 0 Å². The molecule has 2 aliphatic carbocycles. The van der Waals surface area contributed by atoms with E-state index < -0.39 is 4.87 Å². The van der Waals surface area contributed by atoms with Gasteiger partial charge in [-0.25, -0.2) is 0 Å². The minimum Gasteiger partial charge on any atom is -0.114 e. The van der Waals surface area contributed by atoms with Crippen LogP contribution in [-0.2, 0) is 4.87 Å². The van der Waals surface area contributed by atoms with Crippen LogP contribution in [0.25, 0.3) is 12.2 Å². The topological polar surface area (TPSA) is 0 Å². The highest BCUT2D eigenvalue weighted by Crippen LogP contribution is 2.51. The van der Waals surface area contributed by atoms with Crippen LogP contribution in [0.3, 0.4) is 0 Å². The first-order chi connectivity index (χ1) is 13.2. The van der Waals surface area contributed by atoms with Crippen LogP contribution >= 0.6 is 23.2 Å². The Morgan fingerprint density at radius 1 is 0.741 bits per heavy atom. The minimum absolute atomic E-state index is 0.150. The van der Waals surface area contributed by atoms with Crippen molar-refractivity contribution in [2.24, 2.45) is 0 Å². The van der Waals surface area contributed by atoms with Gasteiger partial charge in [0.15, 0.2) is 7.28 Å². The fourth-order valence-electron chi connectivity index (χ4n) is 4.09. The number of rotatable bonds is 3. The number of alkyl halides is 2. The summed E-state index contributed by atoms with van der Waals surface area (Å²) in [4.78, 5) is -0.704. The molecule has 0 fully saturated rings. The molecule has 0 bridgehead atoms. The zero-order valence-electron chi connectivity index (χ0n) is 14.6. The number of allylic oxidation sites excluding steroid dienone is 2. The van der Waals surface area contributed by atoms with E-state index >= 15 is 0 Å². The van der Waals surface area contributed by atoms with E-state index in [0.29, 0.717) is 0 Å². The fourth-order valence-corrected chi connectivity index (χ4v) is 4.82. The zero-order chi connectivity index (χ0) is 18.4. The molecule has 0 amide bonds. The summed E-state index contributed by atoms with van der Waals surface area (Å²) < 4.78 is 0. The van der Waals surface area contributed by atoms with Crippen molar-refractivity contribution in [1.82, 2.24) is 0 Å². The second kappa shape index (κ2) is 6.44. The molecule has 0 heterocycles. The predicted molar refractivity (Wildman–Crippen MR) is 116 cm³/mol. The van der Waals surface area contributed by atoms with Gasteiger partial charge in [-0.3, -0.25) is 0 Å². The molecular formula is C24H16BCl2. The third-order valence-corrected chi connectivity index (χ3v) is 6.55. The van der Waals surface area contributed by atoms with Crippen molar-refractivity contribution in [1.29, 1.82) is 0 Å². The summed E-state index contributed by atoms with van der Waals surface area (Å²) in [5, 5.41) is -0.150. The van der Waals surface area contributed by atoms with Crippen molar-refractivity contribution in [3.63, 3.8) is 0 Å². The third kappa shape index (κ3) is 2.61. The number of benzene rings is 3. The number of halogens is 2. The molecule has 0 aromatic heterocycles. The highest BCUT2D eigenvalue weighted by Gasteiger charge is 2.42. The SMILES string of the molecule is ClC1C([B]C2=Cc3ccccc3C2(Cl)c2ccccc2)=Cc2ccccc21. The number of hydrogen-bond acceptors (Lipinski definition) is 0. The van der Waals surface area contributed by atoms with Crippen molar-refractivity contribution in [3.05, 3.63) is 118 Å². The van der Waals surface area contributed by atoms with Gasteiger partial charge in [-0.2, -0.15) is 0 Å². The molecule has 0 N–H and O–H groups in total. The molecule has 27 heavy (non-hydrogen) atoms. The molecule has 3 aromatic carbocycles. The lowest BCUT2D eigenvalue weighted by Gasteiger charge is -2.28. The maximum absolute atomic E-state index is 7.36. The Labute approximate surface area is 170 Å². The van der Waals surface area contributed by atoms with Crippen molar-refractivity contribution in [2.75, 3.05) is 0 Å². The van der Waals surface area contributed by atoms with Crippen LogP contribution in [0.5, 0.6) is 0 Å². The van der Waals surface area contributed by atoms with E-state index in [1.807, 2.05) is 36.4 Å². The van der Waals surface area contributed by atoms with Gasteiger partial charge in [-0.15, -0.1) is 23.2 Å². The molecule has 0 saturated carbocycles. The average molecular weight is 386 g/mol. The summed E-state index contributed by atoms with van der Waals surface area (Å²) in [6.07, 6.45) is 4.35. The maximum atomic E-state index is 7.36. The Balaban J connectivity index is 1.58. The van der Waals surface area contributed by atoms with Gasteiger partial charge in [0.25, 0.3) is 0 Å². The normalized spacial score (nSPS) is 22.7. The van der Waals surface area contributed by atoms with E-state index in [-0.39, 0.29) is 5.38 Å². The second-order valence-corrected chi connectivity index (χ2v) is 7.99. The van der Waals surface area contributed by atoms with E-state index in [1.54, 1.807) is 0 Å². The van der Waals surface area contributed by atoms with Gasteiger partial charge in [0.05, 0.1) is 5.38 Å². The molecule has 0 nitrogen and oxygen atoms in total. The molecule has 0 aliphatic heterocycles. The summed E-state index contributed by atoms with van der Waals surface area (Å²) in [5.74, 6) is 0. The molecule has 2 aliphatic rings. The largest absolute Gasteiger partial charge is 0.186 e. The third-order valence-electron chi connectivity index (χ3n) is 5.42. The van der Waals surface area contributed by atoms with Gasteiger partial charge in [0.2, 0.25) is 0 Å². The highest BCUT2D eigenvalue weighted by atomic mass is 35.5. The minimum atomic E-state index is -0.704. The van der Waals surface area contributed by atoms with Gasteiger partial charge >= 0.3 is 0 Å². The smallest absolute Gasteiger partial charge is 0.114 e. The Hall–Kier alpha value is -2.22. The maximum Gasteiger partial charge on any atom is 0.186 e. The van der Waals surface area contributed by atoms with E-state index in [1.165, 1.54) is 5.56 Å². The summed E-state index contributed by atoms with van der Waals surface area (Å²) in [7, 11) is 2.16. The van der Waals surface area contributed by atoms with Crippen LogP contribution in [0.15, 0.2) is 89.8 Å². The van der Waals surface area contributed by atoms with Crippen LogP contribution in [-0.4, -0.2) is 7.28 Å². The fraction of sp³-hybridized carbons (Fsp3) is 0.0833. The molecule has 2 atom stereocenters. The van der Waals surface area contributed by atoms with Gasteiger partial charge in [-0.05, 0) is 27.8 Å². The molecule has 1 radical (unpaired) electrons. The van der Waals surface area contributed by atoms with E-state index in [9.17, 15) is 0 Å². The Morgan fingerprint density at radius 3 is 2.19 bits per heavy atom. The Morgan fingerprint density at radius 2 is 1.41 bits per heavy atom. The monoisotopic (exact) mass is 385 g/mol. The molecule has 129 valence electrons. The lowest BCUT2D eigenvalue weighted by atomic mass is 9.57. The molecule has 5 rings (SSSR count). The summed E-state index contributed by atoms with van der Waals surface area (Å²) in [6.45, 7) is 0. The van der Waals surface area contributed by atoms with Crippen LogP contribution in [0.1, 0.15) is 33.2 Å². The quantitative estimate of drug-likeness (QED) is 0.353. The standard InChI is InChI=1S/C24H16BCl2/c26-23-19-12-6-4-8-16(19)14-21(23)25-22-15-17-9-5-7-13-20(17)24(22,27)18-10-2-1-3-11-18/h1-15,23H. The zero-order valence-corrected chi connectivity index (χ0v) is 16.1. The Kier molecular flexibility index (Phi) is 4.04. The predicted octanol–water partition coefficient (Wildman–Crippen LogP) is 6.56. The lowest BCUT2D eigenvalue weighted by Crippen LogP contribution is -2.25. The molecular weight excluding hydrogens is 370 g/mol. The van der Waals surface area contributed by atoms with Crippen molar-refractivity contribution in [2.45, 2.75) is 10.3 Å². The first-order valence-corrected chi connectivity index (χ1v) is 9.85. The highest BCUT2D eigenvalue weighted by molar-refractivity contribution is 6.62. The molecule has 2 unspecified atom stereocenters. The number of hydrogen-bond donors (Lipinski definition) is 0. The van der Waals surface area contributed by atoms with Crippen molar-refractivity contribution in [3.8, 4) is 0 Å². The molecule has 0 saturated heterocycles. The van der Waals surface area contributed by atoms with Gasteiger partial charge in [0.1, 0.15) is 4.87 Å². The van der Waals surface area contributed by atoms with E-state index in [4.69, 9.17) is 23.2 Å². The van der Waals surface area contributed by atoms with Crippen molar-refractivity contribution < 1.29 is 0 Å². The van der Waals surface area contributed by atoms with E-state index in [0.717, 1.165) is 33.2 Å². The number of fused-ring (bicyclic) bond motifs is 2. The average Bonchev–Trinajstić information content (AvgIpc) is 3.19. The summed E-state index contributed by atoms with van der Waals surface area (Å²) >= 11 is 14.1. The van der Waals surface area contributed by atoms with Crippen LogP contribution < -0.4 is 0 Å². The molecule has 3 heteroatoms. The summed E-state index contributed by atoms with van der Waals surface area (Å²) in [6, 6.07) is 26.9. The summed E-state index contributed by atoms with van der Waals surface area (Å²) in [5.41, 5.74) is 7.82. The molecule has 3 aromatic rings. The van der Waals surface area contributed by atoms with Crippen LogP contribution in [0.2, 0.25) is 0 Å². The second-order valence-electron chi connectivity index (χ2n) is 6.99. The Bertz CT molecular complexity index is 1080. The lowest BCUT2D eigenvalue weighted by molar-refractivity contribution is 0.922. The van der Waals surface area contributed by atoms with Crippen molar-refractivity contribution >= 4 is 42.6 Å². The first-order valence-electron chi connectivity index (χ1n) is 9.03. The van der Waals surface area contributed by atoms with Gasteiger partial charge in [0, 0.05) is 0 Å². The van der Waals surface area contributed by atoms with E-state index in [2.05, 4.69) is 61.9 Å². The first kappa shape index (κ1) is 16.9. The molecule has 0 spiro atoms.